The van der Waals surface area contributed by atoms with Crippen LogP contribution >= 0.6 is 0 Å². The topological polar surface area (TPSA) is 80.4 Å². The minimum atomic E-state index is -0.992. The molecule has 0 aromatic carbocycles. The quantitative estimate of drug-likeness (QED) is 0.645. The second kappa shape index (κ2) is 3.67. The number of hydrogen-bond acceptors (Lipinski definition) is 3. The van der Waals surface area contributed by atoms with Gasteiger partial charge in [0.25, 0.3) is 0 Å². The highest BCUT2D eigenvalue weighted by molar-refractivity contribution is 5.84. The number of Topliss-reactive ketones (excluding diaryl/α,β-unsaturated/α-hetero) is 1. The number of carbonyl (C=O) groups excluding carboxylic acids is 1. The predicted molar refractivity (Wildman–Crippen MR) is 44.7 cm³/mol. The Morgan fingerprint density at radius 1 is 1.50 bits per heavy atom. The van der Waals surface area contributed by atoms with Crippen molar-refractivity contribution in [3.8, 4) is 0 Å². The average molecular weight is 173 g/mol. The van der Waals surface area contributed by atoms with Crippen LogP contribution in [0.5, 0.6) is 0 Å². The van der Waals surface area contributed by atoms with Gasteiger partial charge in [-0.05, 0) is 20.8 Å². The molecule has 1 atom stereocenters. The Balaban J connectivity index is 4.46. The third kappa shape index (κ3) is 3.48. The number of carbonyl (C=O) groups is 2. The summed E-state index contributed by atoms with van der Waals surface area (Å²) in [5.41, 5.74) is 4.89. The molecular weight excluding hydrogens is 158 g/mol. The lowest BCUT2D eigenvalue weighted by atomic mass is 9.83. The first kappa shape index (κ1) is 11.1. The van der Waals surface area contributed by atoms with Crippen molar-refractivity contribution in [3.63, 3.8) is 0 Å². The van der Waals surface area contributed by atoms with Gasteiger partial charge < -0.3 is 10.8 Å². The molecule has 0 aliphatic rings. The Hall–Kier alpha value is -0.900. The molecule has 0 rings (SSSR count). The lowest BCUT2D eigenvalue weighted by Crippen LogP contribution is -2.45. The maximum atomic E-state index is 11.0. The number of ketones is 1. The van der Waals surface area contributed by atoms with Crippen LogP contribution < -0.4 is 5.73 Å². The lowest BCUT2D eigenvalue weighted by Gasteiger charge is -2.26. The van der Waals surface area contributed by atoms with E-state index >= 15 is 0 Å². The summed E-state index contributed by atoms with van der Waals surface area (Å²) in [5.74, 6) is -1.77. The van der Waals surface area contributed by atoms with Crippen LogP contribution in [0.1, 0.15) is 27.2 Å². The van der Waals surface area contributed by atoms with Gasteiger partial charge in [0.2, 0.25) is 0 Å². The zero-order chi connectivity index (χ0) is 9.94. The van der Waals surface area contributed by atoms with Gasteiger partial charge in [-0.25, -0.2) is 0 Å². The van der Waals surface area contributed by atoms with E-state index in [9.17, 15) is 9.59 Å². The first-order chi connectivity index (χ1) is 5.25. The summed E-state index contributed by atoms with van der Waals surface area (Å²) < 4.78 is 0. The average Bonchev–Trinajstić information content (AvgIpc) is 1.79. The van der Waals surface area contributed by atoms with Gasteiger partial charge in [0.1, 0.15) is 5.78 Å². The van der Waals surface area contributed by atoms with Crippen LogP contribution in [0.3, 0.4) is 0 Å². The maximum Gasteiger partial charge on any atom is 0.304 e. The second-order valence-corrected chi connectivity index (χ2v) is 3.58. The minimum Gasteiger partial charge on any atom is -0.481 e. The fraction of sp³-hybridized carbons (Fsp3) is 0.750. The summed E-state index contributed by atoms with van der Waals surface area (Å²) in [6, 6.07) is 0. The molecule has 0 heterocycles. The van der Waals surface area contributed by atoms with E-state index in [4.69, 9.17) is 10.8 Å². The Morgan fingerprint density at radius 2 is 1.92 bits per heavy atom. The van der Waals surface area contributed by atoms with E-state index in [1.54, 1.807) is 13.8 Å². The largest absolute Gasteiger partial charge is 0.481 e. The molecule has 70 valence electrons. The molecule has 4 heteroatoms. The summed E-state index contributed by atoms with van der Waals surface area (Å²) in [6.07, 6.45) is -0.196. The van der Waals surface area contributed by atoms with Crippen LogP contribution in [-0.4, -0.2) is 22.4 Å². The molecule has 0 saturated heterocycles. The molecule has 0 aromatic rings. The highest BCUT2D eigenvalue weighted by Crippen LogP contribution is 2.18. The van der Waals surface area contributed by atoms with Crippen molar-refractivity contribution >= 4 is 11.8 Å². The van der Waals surface area contributed by atoms with Crippen LogP contribution in [0, 0.1) is 5.92 Å². The van der Waals surface area contributed by atoms with Crippen LogP contribution in [-0.2, 0) is 9.59 Å². The molecule has 0 aliphatic carbocycles. The van der Waals surface area contributed by atoms with Crippen LogP contribution in [0.25, 0.3) is 0 Å². The molecular formula is C8H15NO3. The zero-order valence-electron chi connectivity index (χ0n) is 7.63. The highest BCUT2D eigenvalue weighted by Gasteiger charge is 2.30. The summed E-state index contributed by atoms with van der Waals surface area (Å²) >= 11 is 0. The van der Waals surface area contributed by atoms with E-state index in [2.05, 4.69) is 0 Å². The van der Waals surface area contributed by atoms with Crippen LogP contribution in [0.4, 0.5) is 0 Å². The second-order valence-electron chi connectivity index (χ2n) is 3.58. The van der Waals surface area contributed by atoms with Crippen molar-refractivity contribution in [3.05, 3.63) is 0 Å². The number of hydrogen-bond donors (Lipinski definition) is 2. The van der Waals surface area contributed by atoms with Gasteiger partial charge in [0.05, 0.1) is 6.42 Å². The molecule has 0 aromatic heterocycles. The highest BCUT2D eigenvalue weighted by atomic mass is 16.4. The number of carboxylic acid groups (broad SMARTS) is 1. The van der Waals surface area contributed by atoms with Crippen molar-refractivity contribution < 1.29 is 14.7 Å². The molecule has 0 aliphatic heterocycles. The van der Waals surface area contributed by atoms with Gasteiger partial charge in [-0.3, -0.25) is 9.59 Å². The van der Waals surface area contributed by atoms with Crippen LogP contribution in [0.15, 0.2) is 0 Å². The molecule has 0 saturated carbocycles. The Labute approximate surface area is 71.8 Å². The standard InChI is InChI=1S/C8H15NO3/c1-5(10)6(4-7(11)12)8(2,3)9/h6H,4,9H2,1-3H3,(H,11,12). The fourth-order valence-electron chi connectivity index (χ4n) is 1.11. The number of nitrogens with two attached hydrogens (primary N) is 1. The van der Waals surface area contributed by atoms with E-state index < -0.39 is 17.4 Å². The minimum absolute atomic E-state index is 0.176. The maximum absolute atomic E-state index is 11.0. The van der Waals surface area contributed by atoms with Gasteiger partial charge >= 0.3 is 5.97 Å². The van der Waals surface area contributed by atoms with Gasteiger partial charge in [-0.1, -0.05) is 0 Å². The smallest absolute Gasteiger partial charge is 0.304 e. The van der Waals surface area contributed by atoms with Gasteiger partial charge in [-0.15, -0.1) is 0 Å². The van der Waals surface area contributed by atoms with E-state index in [0.29, 0.717) is 0 Å². The third-order valence-corrected chi connectivity index (χ3v) is 1.77. The normalized spacial score (nSPS) is 14.0. The van der Waals surface area contributed by atoms with Crippen molar-refractivity contribution in [2.45, 2.75) is 32.7 Å². The Morgan fingerprint density at radius 3 is 2.00 bits per heavy atom. The van der Waals surface area contributed by atoms with E-state index in [1.807, 2.05) is 0 Å². The predicted octanol–water partition coefficient (Wildman–Crippen LogP) is 0.404. The lowest BCUT2D eigenvalue weighted by molar-refractivity contribution is -0.141. The molecule has 1 unspecified atom stereocenters. The number of carboxylic acids is 1. The summed E-state index contributed by atoms with van der Waals surface area (Å²) in [6.45, 7) is 4.67. The van der Waals surface area contributed by atoms with E-state index in [-0.39, 0.29) is 12.2 Å². The first-order valence-corrected chi connectivity index (χ1v) is 3.76. The van der Waals surface area contributed by atoms with Crippen molar-refractivity contribution in [2.75, 3.05) is 0 Å². The third-order valence-electron chi connectivity index (χ3n) is 1.77. The molecule has 0 fully saturated rings. The Bertz CT molecular complexity index is 193. The summed E-state index contributed by atoms with van der Waals surface area (Å²) in [4.78, 5) is 21.3. The Kier molecular flexibility index (Phi) is 3.39. The first-order valence-electron chi connectivity index (χ1n) is 3.76. The van der Waals surface area contributed by atoms with Gasteiger partial charge in [0, 0.05) is 11.5 Å². The zero-order valence-corrected chi connectivity index (χ0v) is 7.63. The van der Waals surface area contributed by atoms with Crippen molar-refractivity contribution in [1.29, 1.82) is 0 Å². The summed E-state index contributed by atoms with van der Waals surface area (Å²) in [7, 11) is 0. The van der Waals surface area contributed by atoms with Crippen LogP contribution in [0.2, 0.25) is 0 Å². The monoisotopic (exact) mass is 173 g/mol. The van der Waals surface area contributed by atoms with Gasteiger partial charge in [-0.2, -0.15) is 0 Å². The number of rotatable bonds is 4. The van der Waals surface area contributed by atoms with E-state index in [1.165, 1.54) is 6.92 Å². The molecule has 0 bridgehead atoms. The molecule has 0 amide bonds. The molecule has 4 nitrogen and oxygen atoms in total. The van der Waals surface area contributed by atoms with Gasteiger partial charge in [0.15, 0.2) is 0 Å². The van der Waals surface area contributed by atoms with Crippen molar-refractivity contribution in [1.82, 2.24) is 0 Å². The fourth-order valence-corrected chi connectivity index (χ4v) is 1.11. The number of aliphatic carboxylic acids is 1. The van der Waals surface area contributed by atoms with E-state index in [0.717, 1.165) is 0 Å². The molecule has 12 heavy (non-hydrogen) atoms. The summed E-state index contributed by atoms with van der Waals surface area (Å²) in [5, 5.41) is 8.49. The molecule has 0 spiro atoms. The molecule has 3 N–H and O–H groups in total. The molecule has 0 radical (unpaired) electrons. The SMILES string of the molecule is CC(=O)C(CC(=O)O)C(C)(C)N. The van der Waals surface area contributed by atoms with Crippen molar-refractivity contribution in [2.24, 2.45) is 11.7 Å².